The maximum atomic E-state index is 12.4. The number of benzene rings is 1. The zero-order chi connectivity index (χ0) is 16.8. The SMILES string of the molecule is O=C(NC1CCCNC1)c1cccc(NC(=O)C2CCCCC2)c1. The summed E-state index contributed by atoms with van der Waals surface area (Å²) in [6.45, 7) is 1.85. The van der Waals surface area contributed by atoms with Gasteiger partial charge in [-0.05, 0) is 50.4 Å². The zero-order valence-electron chi connectivity index (χ0n) is 14.1. The summed E-state index contributed by atoms with van der Waals surface area (Å²) in [5.74, 6) is 0.130. The Labute approximate surface area is 143 Å². The lowest BCUT2D eigenvalue weighted by molar-refractivity contribution is -0.120. The second kappa shape index (κ2) is 8.29. The Bertz CT molecular complexity index is 576. The Balaban J connectivity index is 1.58. The van der Waals surface area contributed by atoms with Crippen LogP contribution in [0.15, 0.2) is 24.3 Å². The minimum Gasteiger partial charge on any atom is -0.348 e. The second-order valence-electron chi connectivity index (χ2n) is 6.92. The first-order valence-electron chi connectivity index (χ1n) is 9.15. The first-order chi connectivity index (χ1) is 11.7. The number of amides is 2. The van der Waals surface area contributed by atoms with E-state index in [0.29, 0.717) is 11.3 Å². The molecule has 1 aliphatic carbocycles. The normalized spacial score (nSPS) is 21.9. The van der Waals surface area contributed by atoms with Crippen LogP contribution in [0.4, 0.5) is 5.69 Å². The van der Waals surface area contributed by atoms with E-state index in [2.05, 4.69) is 16.0 Å². The third-order valence-corrected chi connectivity index (χ3v) is 5.00. The Morgan fingerprint density at radius 1 is 1.04 bits per heavy atom. The number of carbonyl (C=O) groups excluding carboxylic acids is 2. The number of hydrogen-bond donors (Lipinski definition) is 3. The van der Waals surface area contributed by atoms with Gasteiger partial charge in [0.25, 0.3) is 5.91 Å². The summed E-state index contributed by atoms with van der Waals surface area (Å²) in [4.78, 5) is 24.7. The van der Waals surface area contributed by atoms with E-state index >= 15 is 0 Å². The molecule has 1 atom stereocenters. The van der Waals surface area contributed by atoms with Crippen LogP contribution in [0.25, 0.3) is 0 Å². The maximum absolute atomic E-state index is 12.4. The molecular formula is C19H27N3O2. The van der Waals surface area contributed by atoms with Crippen LogP contribution in [0.2, 0.25) is 0 Å². The predicted octanol–water partition coefficient (Wildman–Crippen LogP) is 2.69. The van der Waals surface area contributed by atoms with Crippen molar-refractivity contribution in [2.24, 2.45) is 5.92 Å². The Morgan fingerprint density at radius 2 is 1.88 bits per heavy atom. The summed E-state index contributed by atoms with van der Waals surface area (Å²) in [7, 11) is 0. The highest BCUT2D eigenvalue weighted by Crippen LogP contribution is 2.25. The molecule has 3 rings (SSSR count). The summed E-state index contributed by atoms with van der Waals surface area (Å²) < 4.78 is 0. The van der Waals surface area contributed by atoms with Crippen LogP contribution >= 0.6 is 0 Å². The highest BCUT2D eigenvalue weighted by molar-refractivity contribution is 5.97. The van der Waals surface area contributed by atoms with Gasteiger partial charge in [-0.25, -0.2) is 0 Å². The quantitative estimate of drug-likeness (QED) is 0.795. The van der Waals surface area contributed by atoms with Gasteiger partial charge in [0, 0.05) is 29.8 Å². The molecule has 1 aliphatic heterocycles. The molecule has 0 spiro atoms. The van der Waals surface area contributed by atoms with Crippen molar-refractivity contribution in [1.82, 2.24) is 10.6 Å². The van der Waals surface area contributed by atoms with Crippen molar-refractivity contribution in [3.05, 3.63) is 29.8 Å². The van der Waals surface area contributed by atoms with E-state index in [0.717, 1.165) is 51.6 Å². The molecule has 0 bridgehead atoms. The minimum absolute atomic E-state index is 0.0718. The monoisotopic (exact) mass is 329 g/mol. The van der Waals surface area contributed by atoms with Gasteiger partial charge in [0.2, 0.25) is 5.91 Å². The number of anilines is 1. The van der Waals surface area contributed by atoms with Gasteiger partial charge in [-0.3, -0.25) is 9.59 Å². The molecule has 3 N–H and O–H groups in total. The Kier molecular flexibility index (Phi) is 5.86. The predicted molar refractivity (Wildman–Crippen MR) is 95.0 cm³/mol. The fourth-order valence-corrected chi connectivity index (χ4v) is 3.59. The van der Waals surface area contributed by atoms with Gasteiger partial charge in [-0.1, -0.05) is 25.3 Å². The molecule has 0 radical (unpaired) electrons. The number of carbonyl (C=O) groups is 2. The zero-order valence-corrected chi connectivity index (χ0v) is 14.1. The third-order valence-electron chi connectivity index (χ3n) is 5.00. The summed E-state index contributed by atoms with van der Waals surface area (Å²) in [5.41, 5.74) is 1.31. The molecule has 24 heavy (non-hydrogen) atoms. The highest BCUT2D eigenvalue weighted by atomic mass is 16.2. The average Bonchev–Trinajstić information content (AvgIpc) is 2.63. The lowest BCUT2D eigenvalue weighted by Gasteiger charge is -2.24. The molecule has 2 amide bonds. The van der Waals surface area contributed by atoms with Crippen LogP contribution in [-0.4, -0.2) is 30.9 Å². The maximum Gasteiger partial charge on any atom is 0.251 e. The van der Waals surface area contributed by atoms with Gasteiger partial charge in [-0.2, -0.15) is 0 Å². The highest BCUT2D eigenvalue weighted by Gasteiger charge is 2.21. The van der Waals surface area contributed by atoms with E-state index in [1.807, 2.05) is 12.1 Å². The van der Waals surface area contributed by atoms with Crippen molar-refractivity contribution in [2.45, 2.75) is 51.0 Å². The first-order valence-corrected chi connectivity index (χ1v) is 9.15. The van der Waals surface area contributed by atoms with Crippen LogP contribution < -0.4 is 16.0 Å². The van der Waals surface area contributed by atoms with Gasteiger partial charge in [0.05, 0.1) is 0 Å². The Hall–Kier alpha value is -1.88. The molecule has 2 aliphatic rings. The Morgan fingerprint density at radius 3 is 2.62 bits per heavy atom. The molecule has 5 heteroatoms. The lowest BCUT2D eigenvalue weighted by Crippen LogP contribution is -2.45. The molecular weight excluding hydrogens is 302 g/mol. The van der Waals surface area contributed by atoms with Crippen molar-refractivity contribution < 1.29 is 9.59 Å². The number of nitrogens with one attached hydrogen (secondary N) is 3. The molecule has 1 aromatic carbocycles. The topological polar surface area (TPSA) is 70.2 Å². The standard InChI is InChI=1S/C19H27N3O2/c23-18(14-6-2-1-3-7-14)21-16-9-4-8-15(12-16)19(24)22-17-10-5-11-20-13-17/h4,8-9,12,14,17,20H,1-3,5-7,10-11,13H2,(H,21,23)(H,22,24). The summed E-state index contributed by atoms with van der Waals surface area (Å²) in [6.07, 6.45) is 7.54. The first kappa shape index (κ1) is 17.0. The van der Waals surface area contributed by atoms with Gasteiger partial charge in [0.15, 0.2) is 0 Å². The van der Waals surface area contributed by atoms with Gasteiger partial charge in [-0.15, -0.1) is 0 Å². The molecule has 1 saturated heterocycles. The van der Waals surface area contributed by atoms with Gasteiger partial charge < -0.3 is 16.0 Å². The molecule has 1 aromatic rings. The van der Waals surface area contributed by atoms with Crippen molar-refractivity contribution in [1.29, 1.82) is 0 Å². The summed E-state index contributed by atoms with van der Waals surface area (Å²) in [6, 6.07) is 7.42. The molecule has 0 aromatic heterocycles. The van der Waals surface area contributed by atoms with E-state index < -0.39 is 0 Å². The van der Waals surface area contributed by atoms with Crippen LogP contribution in [-0.2, 0) is 4.79 Å². The fraction of sp³-hybridized carbons (Fsp3) is 0.579. The van der Waals surface area contributed by atoms with Crippen molar-refractivity contribution in [2.75, 3.05) is 18.4 Å². The van der Waals surface area contributed by atoms with Crippen LogP contribution in [0.1, 0.15) is 55.3 Å². The summed E-state index contributed by atoms with van der Waals surface area (Å²) >= 11 is 0. The van der Waals surface area contributed by atoms with E-state index in [4.69, 9.17) is 0 Å². The molecule has 1 saturated carbocycles. The number of rotatable bonds is 4. The smallest absolute Gasteiger partial charge is 0.251 e. The molecule has 1 heterocycles. The molecule has 2 fully saturated rings. The van der Waals surface area contributed by atoms with E-state index in [-0.39, 0.29) is 23.8 Å². The summed E-state index contributed by atoms with van der Waals surface area (Å²) in [5, 5.41) is 9.34. The van der Waals surface area contributed by atoms with E-state index in [1.165, 1.54) is 6.42 Å². The molecule has 5 nitrogen and oxygen atoms in total. The van der Waals surface area contributed by atoms with Crippen LogP contribution in [0.5, 0.6) is 0 Å². The van der Waals surface area contributed by atoms with Crippen molar-refractivity contribution >= 4 is 17.5 Å². The lowest BCUT2D eigenvalue weighted by atomic mass is 9.88. The molecule has 130 valence electrons. The number of piperidine rings is 1. The van der Waals surface area contributed by atoms with Crippen LogP contribution in [0.3, 0.4) is 0 Å². The van der Waals surface area contributed by atoms with E-state index in [1.54, 1.807) is 12.1 Å². The van der Waals surface area contributed by atoms with Crippen molar-refractivity contribution in [3.8, 4) is 0 Å². The largest absolute Gasteiger partial charge is 0.348 e. The van der Waals surface area contributed by atoms with Crippen molar-refractivity contribution in [3.63, 3.8) is 0 Å². The fourth-order valence-electron chi connectivity index (χ4n) is 3.59. The number of hydrogen-bond acceptors (Lipinski definition) is 3. The minimum atomic E-state index is -0.0718. The third kappa shape index (κ3) is 4.57. The van der Waals surface area contributed by atoms with Gasteiger partial charge in [0.1, 0.15) is 0 Å². The van der Waals surface area contributed by atoms with Crippen LogP contribution in [0, 0.1) is 5.92 Å². The second-order valence-corrected chi connectivity index (χ2v) is 6.92. The molecule has 1 unspecified atom stereocenters. The average molecular weight is 329 g/mol. The van der Waals surface area contributed by atoms with Gasteiger partial charge >= 0.3 is 0 Å². The van der Waals surface area contributed by atoms with E-state index in [9.17, 15) is 9.59 Å².